The van der Waals surface area contributed by atoms with Crippen LogP contribution in [0.4, 0.5) is 5.69 Å². The third-order valence-electron chi connectivity index (χ3n) is 7.95. The van der Waals surface area contributed by atoms with Crippen LogP contribution in [0.5, 0.6) is 0 Å². The molecule has 4 aromatic rings. The molecule has 0 aromatic heterocycles. The SMILES string of the molecule is O=C1[C@@H]2C3c4ccccc4C(C(=O)O)(c4ccccc43)[C@H]2C(=O)N1c1ccc2ccccc2c1. The Kier molecular flexibility index (Phi) is 3.63. The number of imide groups is 1. The van der Waals surface area contributed by atoms with Gasteiger partial charge in [-0.15, -0.1) is 0 Å². The van der Waals surface area contributed by atoms with Crippen LogP contribution in [-0.4, -0.2) is 22.9 Å². The Morgan fingerprint density at radius 3 is 1.97 bits per heavy atom. The molecule has 0 saturated carbocycles. The quantitative estimate of drug-likeness (QED) is 0.462. The van der Waals surface area contributed by atoms with Gasteiger partial charge in [-0.25, -0.2) is 4.90 Å². The molecule has 5 heteroatoms. The molecule has 8 rings (SSSR count). The lowest BCUT2D eigenvalue weighted by atomic mass is 9.47. The number of amides is 2. The molecule has 0 spiro atoms. The number of aliphatic carboxylic acids is 1. The lowest BCUT2D eigenvalue weighted by molar-refractivity contribution is -0.149. The average Bonchev–Trinajstić information content (AvgIpc) is 3.14. The first-order chi connectivity index (χ1) is 16.5. The van der Waals surface area contributed by atoms with Crippen LogP contribution >= 0.6 is 0 Å². The van der Waals surface area contributed by atoms with Crippen molar-refractivity contribution in [1.82, 2.24) is 0 Å². The van der Waals surface area contributed by atoms with E-state index < -0.39 is 29.1 Å². The molecule has 0 unspecified atom stereocenters. The summed E-state index contributed by atoms with van der Waals surface area (Å²) in [5.41, 5.74) is 1.77. The summed E-state index contributed by atoms with van der Waals surface area (Å²) in [7, 11) is 0. The second kappa shape index (κ2) is 6.41. The number of carboxylic acids is 1. The van der Waals surface area contributed by atoms with E-state index in [-0.39, 0.29) is 11.8 Å². The van der Waals surface area contributed by atoms with Crippen LogP contribution in [0.15, 0.2) is 91.0 Å². The lowest BCUT2D eigenvalue weighted by Crippen LogP contribution is -2.57. The Balaban J connectivity index is 1.50. The van der Waals surface area contributed by atoms with Crippen molar-refractivity contribution in [2.24, 2.45) is 11.8 Å². The van der Waals surface area contributed by atoms with Gasteiger partial charge in [0.05, 0.1) is 17.5 Å². The molecular formula is C29H19NO4. The van der Waals surface area contributed by atoms with Crippen molar-refractivity contribution in [2.45, 2.75) is 11.3 Å². The molecule has 3 aliphatic carbocycles. The highest BCUT2D eigenvalue weighted by Gasteiger charge is 2.71. The van der Waals surface area contributed by atoms with Crippen molar-refractivity contribution in [2.75, 3.05) is 4.90 Å². The van der Waals surface area contributed by atoms with Gasteiger partial charge in [-0.3, -0.25) is 14.4 Å². The van der Waals surface area contributed by atoms with Gasteiger partial charge in [0.15, 0.2) is 0 Å². The summed E-state index contributed by atoms with van der Waals surface area (Å²) in [4.78, 5) is 42.4. The number of fused-ring (bicyclic) bond motifs is 1. The average molecular weight is 445 g/mol. The van der Waals surface area contributed by atoms with Crippen LogP contribution in [-0.2, 0) is 19.8 Å². The topological polar surface area (TPSA) is 74.7 Å². The molecule has 0 radical (unpaired) electrons. The van der Waals surface area contributed by atoms with Crippen LogP contribution in [0.3, 0.4) is 0 Å². The van der Waals surface area contributed by atoms with E-state index in [9.17, 15) is 19.5 Å². The molecule has 1 heterocycles. The normalized spacial score (nSPS) is 26.4. The zero-order valence-corrected chi connectivity index (χ0v) is 18.0. The number of anilines is 1. The van der Waals surface area contributed by atoms with Gasteiger partial charge in [0.2, 0.25) is 11.8 Å². The van der Waals surface area contributed by atoms with E-state index in [1.165, 1.54) is 4.90 Å². The Morgan fingerprint density at radius 2 is 1.32 bits per heavy atom. The van der Waals surface area contributed by atoms with Crippen LogP contribution in [0.1, 0.15) is 28.2 Å². The molecule has 5 nitrogen and oxygen atoms in total. The van der Waals surface area contributed by atoms with E-state index in [2.05, 4.69) is 0 Å². The Labute approximate surface area is 195 Å². The van der Waals surface area contributed by atoms with Gasteiger partial charge in [-0.2, -0.15) is 0 Å². The van der Waals surface area contributed by atoms with Crippen molar-refractivity contribution >= 4 is 34.2 Å². The molecule has 164 valence electrons. The van der Waals surface area contributed by atoms with Crippen molar-refractivity contribution in [3.8, 4) is 0 Å². The first kappa shape index (κ1) is 19.2. The second-order valence-electron chi connectivity index (χ2n) is 9.31. The summed E-state index contributed by atoms with van der Waals surface area (Å²) in [6.45, 7) is 0. The number of carbonyl (C=O) groups excluding carboxylic acids is 2. The van der Waals surface area contributed by atoms with Crippen molar-refractivity contribution in [3.63, 3.8) is 0 Å². The van der Waals surface area contributed by atoms with E-state index in [0.29, 0.717) is 16.8 Å². The van der Waals surface area contributed by atoms with E-state index in [1.807, 2.05) is 72.8 Å². The zero-order chi connectivity index (χ0) is 23.2. The molecule has 2 bridgehead atoms. The fourth-order valence-electron chi connectivity index (χ4n) is 6.71. The summed E-state index contributed by atoms with van der Waals surface area (Å²) in [5.74, 6) is -3.99. The van der Waals surface area contributed by atoms with Gasteiger partial charge in [-0.05, 0) is 45.2 Å². The molecule has 1 fully saturated rings. The fraction of sp³-hybridized carbons (Fsp3) is 0.138. The monoisotopic (exact) mass is 445 g/mol. The molecule has 1 aliphatic heterocycles. The zero-order valence-electron chi connectivity index (χ0n) is 18.0. The second-order valence-corrected chi connectivity index (χ2v) is 9.31. The van der Waals surface area contributed by atoms with Crippen LogP contribution < -0.4 is 4.90 Å². The van der Waals surface area contributed by atoms with Crippen molar-refractivity contribution < 1.29 is 19.5 Å². The Hall–Kier alpha value is -4.25. The molecule has 4 aromatic carbocycles. The molecule has 4 aliphatic rings. The van der Waals surface area contributed by atoms with Gasteiger partial charge < -0.3 is 5.11 Å². The number of carbonyl (C=O) groups is 3. The van der Waals surface area contributed by atoms with Gasteiger partial charge in [0.25, 0.3) is 0 Å². The van der Waals surface area contributed by atoms with Gasteiger partial charge >= 0.3 is 5.97 Å². The van der Waals surface area contributed by atoms with Gasteiger partial charge in [0.1, 0.15) is 5.41 Å². The molecule has 1 saturated heterocycles. The number of rotatable bonds is 2. The predicted molar refractivity (Wildman–Crippen MR) is 127 cm³/mol. The van der Waals surface area contributed by atoms with Crippen LogP contribution in [0.25, 0.3) is 10.8 Å². The number of benzene rings is 4. The van der Waals surface area contributed by atoms with E-state index in [0.717, 1.165) is 21.9 Å². The van der Waals surface area contributed by atoms with Crippen molar-refractivity contribution in [1.29, 1.82) is 0 Å². The summed E-state index contributed by atoms with van der Waals surface area (Å²) in [6.07, 6.45) is 0. The third-order valence-corrected chi connectivity index (χ3v) is 7.95. The minimum atomic E-state index is -1.61. The molecular weight excluding hydrogens is 426 g/mol. The highest BCUT2D eigenvalue weighted by atomic mass is 16.4. The smallest absolute Gasteiger partial charge is 0.319 e. The van der Waals surface area contributed by atoms with Crippen LogP contribution in [0.2, 0.25) is 0 Å². The fourth-order valence-corrected chi connectivity index (χ4v) is 6.71. The van der Waals surface area contributed by atoms with E-state index >= 15 is 0 Å². The minimum absolute atomic E-state index is 0.329. The molecule has 2 amide bonds. The van der Waals surface area contributed by atoms with Crippen molar-refractivity contribution in [3.05, 3.63) is 113 Å². The Morgan fingerprint density at radius 1 is 0.735 bits per heavy atom. The van der Waals surface area contributed by atoms with E-state index in [4.69, 9.17) is 0 Å². The lowest BCUT2D eigenvalue weighted by Gasteiger charge is -2.51. The summed E-state index contributed by atoms with van der Waals surface area (Å²) in [5, 5.41) is 12.7. The maximum atomic E-state index is 14.0. The molecule has 2 atom stereocenters. The minimum Gasteiger partial charge on any atom is -0.480 e. The number of hydrogen-bond donors (Lipinski definition) is 1. The van der Waals surface area contributed by atoms with Crippen LogP contribution in [0, 0.1) is 11.8 Å². The summed E-state index contributed by atoms with van der Waals surface area (Å²) >= 11 is 0. The first-order valence-electron chi connectivity index (χ1n) is 11.3. The highest BCUT2D eigenvalue weighted by molar-refractivity contribution is 6.25. The first-order valence-corrected chi connectivity index (χ1v) is 11.3. The predicted octanol–water partition coefficient (Wildman–Crippen LogP) is 4.48. The number of nitrogens with zero attached hydrogens (tertiary/aromatic N) is 1. The maximum Gasteiger partial charge on any atom is 0.319 e. The molecule has 34 heavy (non-hydrogen) atoms. The maximum absolute atomic E-state index is 14.0. The van der Waals surface area contributed by atoms with Gasteiger partial charge in [0, 0.05) is 5.92 Å². The number of carboxylic acid groups (broad SMARTS) is 1. The molecule has 1 N–H and O–H groups in total. The number of hydrogen-bond acceptors (Lipinski definition) is 3. The van der Waals surface area contributed by atoms with E-state index in [1.54, 1.807) is 18.2 Å². The highest BCUT2D eigenvalue weighted by Crippen LogP contribution is 2.64. The largest absolute Gasteiger partial charge is 0.480 e. The Bertz CT molecular complexity index is 1520. The third kappa shape index (κ3) is 2.08. The standard InChI is InChI=1S/C29H19NO4/c31-26-24-23-19-9-3-5-11-21(19)29(28(33)34,22-12-6-4-10-20(22)23)25(24)27(32)30(26)18-14-13-16-7-1-2-8-17(16)15-18/h1-15,23-25H,(H,33,34)/t23?,24-,25-,29?/m1/s1. The summed E-state index contributed by atoms with van der Waals surface area (Å²) < 4.78 is 0. The van der Waals surface area contributed by atoms with Gasteiger partial charge in [-0.1, -0.05) is 78.9 Å². The summed E-state index contributed by atoms with van der Waals surface area (Å²) in [6, 6.07) is 28.0.